The lowest BCUT2D eigenvalue weighted by atomic mass is 9.83. The van der Waals surface area contributed by atoms with E-state index in [-0.39, 0.29) is 40.8 Å². The SMILES string of the molecule is COc1cc(F)c(-c2ccc(CCC(=O)O)cc2)cc1C(=O)N[C@@H]1[C@H]2CC[C@H](C2)[C@@H]1C(=O)Nc1cccc(S(=O)(=O)C(F)(F)F)c1. The van der Waals surface area contributed by atoms with Crippen molar-refractivity contribution in [3.63, 3.8) is 0 Å². The van der Waals surface area contributed by atoms with Gasteiger partial charge in [0.15, 0.2) is 0 Å². The smallest absolute Gasteiger partial charge is 0.496 e. The molecule has 0 saturated heterocycles. The number of halogens is 4. The van der Waals surface area contributed by atoms with E-state index in [4.69, 9.17) is 9.84 Å². The number of ether oxygens (including phenoxy) is 1. The number of sulfone groups is 1. The van der Waals surface area contributed by atoms with Crippen molar-refractivity contribution in [2.75, 3.05) is 12.4 Å². The molecule has 4 atom stereocenters. The summed E-state index contributed by atoms with van der Waals surface area (Å²) in [5, 5.41) is 14.3. The van der Waals surface area contributed by atoms with E-state index >= 15 is 4.39 Å². The molecule has 2 amide bonds. The van der Waals surface area contributed by atoms with Crippen molar-refractivity contribution in [1.29, 1.82) is 0 Å². The molecular formula is C32H30F4N2O7S. The predicted octanol–water partition coefficient (Wildman–Crippen LogP) is 5.60. The van der Waals surface area contributed by atoms with Gasteiger partial charge in [-0.2, -0.15) is 13.2 Å². The molecule has 0 unspecified atom stereocenters. The van der Waals surface area contributed by atoms with Gasteiger partial charge in [-0.05, 0) is 72.9 Å². The van der Waals surface area contributed by atoms with Crippen molar-refractivity contribution in [2.45, 2.75) is 48.5 Å². The van der Waals surface area contributed by atoms with Crippen LogP contribution >= 0.6 is 0 Å². The molecule has 2 fully saturated rings. The number of carbonyl (C=O) groups excluding carboxylic acids is 2. The average molecular weight is 663 g/mol. The molecule has 0 heterocycles. The first-order chi connectivity index (χ1) is 21.7. The number of hydrogen-bond donors (Lipinski definition) is 3. The number of rotatable bonds is 10. The third kappa shape index (κ3) is 6.57. The summed E-state index contributed by atoms with van der Waals surface area (Å²) in [6, 6.07) is 12.3. The summed E-state index contributed by atoms with van der Waals surface area (Å²) in [7, 11) is -4.35. The molecule has 5 rings (SSSR count). The van der Waals surface area contributed by atoms with Crippen LogP contribution < -0.4 is 15.4 Å². The maximum Gasteiger partial charge on any atom is 0.501 e. The standard InChI is InChI=1S/C32H30F4N2O7S/c1-45-26-16-25(33)23(18-8-5-17(6-9-18)7-12-27(39)40)15-24(26)30(41)38-29-20-11-10-19(13-20)28(29)31(42)37-21-3-2-4-22(14-21)46(43,44)32(34,35)36/h2-6,8-9,14-16,19-20,28-29H,7,10-13H2,1H3,(H,37,42)(H,38,41)(H,39,40)/t19-,20+,28+,29-/m1/s1. The van der Waals surface area contributed by atoms with Gasteiger partial charge in [-0.1, -0.05) is 30.3 Å². The van der Waals surface area contributed by atoms with Crippen LogP contribution in [0.3, 0.4) is 0 Å². The topological polar surface area (TPSA) is 139 Å². The molecule has 0 aromatic heterocycles. The average Bonchev–Trinajstić information content (AvgIpc) is 3.62. The number of nitrogens with one attached hydrogen (secondary N) is 2. The Morgan fingerprint density at radius 2 is 1.70 bits per heavy atom. The minimum absolute atomic E-state index is 0.0147. The Bertz CT molecular complexity index is 1780. The zero-order valence-electron chi connectivity index (χ0n) is 24.4. The number of amides is 2. The van der Waals surface area contributed by atoms with Crippen LogP contribution in [0.5, 0.6) is 5.75 Å². The highest BCUT2D eigenvalue weighted by Gasteiger charge is 2.52. The number of anilines is 1. The molecule has 2 aliphatic rings. The Morgan fingerprint density at radius 1 is 1.00 bits per heavy atom. The monoisotopic (exact) mass is 662 g/mol. The van der Waals surface area contributed by atoms with Gasteiger partial charge in [0, 0.05) is 29.8 Å². The van der Waals surface area contributed by atoms with E-state index in [1.807, 2.05) is 0 Å². The van der Waals surface area contributed by atoms with Gasteiger partial charge in [0.2, 0.25) is 5.91 Å². The van der Waals surface area contributed by atoms with E-state index in [1.165, 1.54) is 19.2 Å². The Kier molecular flexibility index (Phi) is 9.12. The van der Waals surface area contributed by atoms with Gasteiger partial charge in [0.1, 0.15) is 11.6 Å². The number of carboxylic acids is 1. The van der Waals surface area contributed by atoms with E-state index in [1.54, 1.807) is 24.3 Å². The van der Waals surface area contributed by atoms with Crippen LogP contribution in [0.4, 0.5) is 23.2 Å². The van der Waals surface area contributed by atoms with Crippen molar-refractivity contribution in [3.8, 4) is 16.9 Å². The second-order valence-electron chi connectivity index (χ2n) is 11.4. The highest BCUT2D eigenvalue weighted by molar-refractivity contribution is 7.92. The zero-order chi connectivity index (χ0) is 33.4. The van der Waals surface area contributed by atoms with E-state index in [0.29, 0.717) is 24.8 Å². The third-order valence-corrected chi connectivity index (χ3v) is 10.1. The lowest BCUT2D eigenvalue weighted by Crippen LogP contribution is -2.48. The second kappa shape index (κ2) is 12.7. The molecule has 2 aliphatic carbocycles. The molecule has 9 nitrogen and oxygen atoms in total. The van der Waals surface area contributed by atoms with Gasteiger partial charge >= 0.3 is 11.5 Å². The number of aryl methyl sites for hydroxylation is 1. The quantitative estimate of drug-likeness (QED) is 0.241. The molecule has 0 radical (unpaired) electrons. The van der Waals surface area contributed by atoms with Gasteiger partial charge < -0.3 is 20.5 Å². The lowest BCUT2D eigenvalue weighted by molar-refractivity contribution is -0.137. The van der Waals surface area contributed by atoms with Crippen LogP contribution in [-0.2, 0) is 25.8 Å². The molecule has 2 bridgehead atoms. The van der Waals surface area contributed by atoms with Crippen molar-refractivity contribution in [2.24, 2.45) is 17.8 Å². The summed E-state index contributed by atoms with van der Waals surface area (Å²) < 4.78 is 83.4. The van der Waals surface area contributed by atoms with Gasteiger partial charge in [-0.3, -0.25) is 14.4 Å². The number of carbonyl (C=O) groups is 3. The number of fused-ring (bicyclic) bond motifs is 2. The number of hydrogen-bond acceptors (Lipinski definition) is 6. The number of methoxy groups -OCH3 is 1. The Morgan fingerprint density at radius 3 is 2.35 bits per heavy atom. The summed E-state index contributed by atoms with van der Waals surface area (Å²) in [5.41, 5.74) is -4.34. The summed E-state index contributed by atoms with van der Waals surface area (Å²) in [4.78, 5) is 37.0. The number of aliphatic carboxylic acids is 1. The van der Waals surface area contributed by atoms with E-state index in [9.17, 15) is 36.0 Å². The Labute approximate surface area is 261 Å². The molecule has 46 heavy (non-hydrogen) atoms. The fourth-order valence-electron chi connectivity index (χ4n) is 6.43. The van der Waals surface area contributed by atoms with Crippen molar-refractivity contribution < 1.29 is 50.2 Å². The first-order valence-corrected chi connectivity index (χ1v) is 15.9. The van der Waals surface area contributed by atoms with Crippen LogP contribution in [0.15, 0.2) is 65.6 Å². The van der Waals surface area contributed by atoms with E-state index < -0.39 is 55.8 Å². The maximum atomic E-state index is 15.1. The summed E-state index contributed by atoms with van der Waals surface area (Å²) in [5.74, 6) is -3.77. The predicted molar refractivity (Wildman–Crippen MR) is 158 cm³/mol. The highest BCUT2D eigenvalue weighted by atomic mass is 32.2. The fourth-order valence-corrected chi connectivity index (χ4v) is 7.24. The van der Waals surface area contributed by atoms with E-state index in [0.717, 1.165) is 36.2 Å². The molecule has 3 aromatic carbocycles. The minimum Gasteiger partial charge on any atom is -0.496 e. The van der Waals surface area contributed by atoms with Crippen molar-refractivity contribution in [1.82, 2.24) is 5.32 Å². The Balaban J connectivity index is 1.37. The summed E-state index contributed by atoms with van der Waals surface area (Å²) in [6.07, 6.45) is 2.30. The van der Waals surface area contributed by atoms with Gasteiger partial charge in [0.25, 0.3) is 15.7 Å². The van der Waals surface area contributed by atoms with E-state index in [2.05, 4.69) is 10.6 Å². The van der Waals surface area contributed by atoms with Crippen LogP contribution in [-0.4, -0.2) is 50.0 Å². The van der Waals surface area contributed by atoms with Crippen molar-refractivity contribution in [3.05, 3.63) is 77.6 Å². The first-order valence-electron chi connectivity index (χ1n) is 14.4. The molecular weight excluding hydrogens is 632 g/mol. The first kappa shape index (κ1) is 32.9. The van der Waals surface area contributed by atoms with Gasteiger partial charge in [-0.25, -0.2) is 12.8 Å². The molecule has 244 valence electrons. The van der Waals surface area contributed by atoms with Crippen LogP contribution in [0.2, 0.25) is 0 Å². The normalized spacial score (nSPS) is 20.7. The fraction of sp³-hybridized carbons (Fsp3) is 0.344. The Hall–Kier alpha value is -4.46. The molecule has 3 aromatic rings. The van der Waals surface area contributed by atoms with Crippen LogP contribution in [0, 0.1) is 23.6 Å². The highest BCUT2D eigenvalue weighted by Crippen LogP contribution is 2.49. The van der Waals surface area contributed by atoms with Gasteiger partial charge in [-0.15, -0.1) is 0 Å². The summed E-state index contributed by atoms with van der Waals surface area (Å²) in [6.45, 7) is 0. The third-order valence-electron chi connectivity index (χ3n) is 8.66. The second-order valence-corrected chi connectivity index (χ2v) is 13.4. The largest absolute Gasteiger partial charge is 0.501 e. The molecule has 14 heteroatoms. The van der Waals surface area contributed by atoms with Crippen molar-refractivity contribution >= 4 is 33.3 Å². The summed E-state index contributed by atoms with van der Waals surface area (Å²) >= 11 is 0. The molecule has 3 N–H and O–H groups in total. The zero-order valence-corrected chi connectivity index (χ0v) is 25.3. The molecule has 0 aliphatic heterocycles. The lowest BCUT2D eigenvalue weighted by Gasteiger charge is -2.31. The maximum absolute atomic E-state index is 15.1. The molecule has 2 saturated carbocycles. The van der Waals surface area contributed by atoms with Gasteiger partial charge in [0.05, 0.1) is 23.5 Å². The number of alkyl halides is 3. The minimum atomic E-state index is -5.63. The number of carboxylic acid groups (broad SMARTS) is 1. The number of benzene rings is 3. The van der Waals surface area contributed by atoms with Crippen LogP contribution in [0.1, 0.15) is 41.6 Å². The van der Waals surface area contributed by atoms with Crippen LogP contribution in [0.25, 0.3) is 11.1 Å². The molecule has 0 spiro atoms.